The first-order chi connectivity index (χ1) is 21.5. The molecule has 2 aliphatic heterocycles. The standard InChI is InChI=1S/C36H20N4O4/c41-33-26-10-11-27-31-30(26)29(35(43)39(33)24-12-16-37-17-13-24)20-28(23-8-6-22(7-9-23)21-4-2-1-3-5-21)32(31)36(44)40(34(27)42)25-14-18-38-19-15-25/h1-20H. The van der Waals surface area contributed by atoms with Crippen LogP contribution in [0.25, 0.3) is 33.0 Å². The molecule has 4 amide bonds. The third kappa shape index (κ3) is 3.64. The molecule has 4 heterocycles. The van der Waals surface area contributed by atoms with E-state index in [1.54, 1.807) is 42.5 Å². The molecule has 6 aromatic rings. The van der Waals surface area contributed by atoms with Crippen molar-refractivity contribution in [1.29, 1.82) is 0 Å². The molecule has 44 heavy (non-hydrogen) atoms. The maximum atomic E-state index is 14.4. The van der Waals surface area contributed by atoms with Gasteiger partial charge in [0, 0.05) is 52.3 Å². The molecule has 0 N–H and O–H groups in total. The van der Waals surface area contributed by atoms with Gasteiger partial charge in [-0.2, -0.15) is 0 Å². The van der Waals surface area contributed by atoms with Gasteiger partial charge >= 0.3 is 0 Å². The molecule has 4 aromatic carbocycles. The molecule has 0 bridgehead atoms. The molecule has 0 fully saturated rings. The number of benzene rings is 4. The summed E-state index contributed by atoms with van der Waals surface area (Å²) in [6.45, 7) is 0. The summed E-state index contributed by atoms with van der Waals surface area (Å²) in [5, 5.41) is 0.608. The molecule has 0 saturated carbocycles. The Kier molecular flexibility index (Phi) is 5.57. The van der Waals surface area contributed by atoms with Crippen molar-refractivity contribution in [2.45, 2.75) is 0 Å². The van der Waals surface area contributed by atoms with Crippen LogP contribution >= 0.6 is 0 Å². The molecule has 0 unspecified atom stereocenters. The second kappa shape index (κ2) is 9.64. The summed E-state index contributed by atoms with van der Waals surface area (Å²) in [6, 6.07) is 28.8. The summed E-state index contributed by atoms with van der Waals surface area (Å²) < 4.78 is 0. The van der Waals surface area contributed by atoms with E-state index in [2.05, 4.69) is 9.97 Å². The highest BCUT2D eigenvalue weighted by Gasteiger charge is 2.42. The summed E-state index contributed by atoms with van der Waals surface area (Å²) in [4.78, 5) is 66.5. The van der Waals surface area contributed by atoms with Crippen LogP contribution in [0.3, 0.4) is 0 Å². The number of carbonyl (C=O) groups excluding carboxylic acids is 4. The Bertz CT molecular complexity index is 2180. The van der Waals surface area contributed by atoms with E-state index >= 15 is 0 Å². The molecule has 2 aliphatic rings. The van der Waals surface area contributed by atoms with E-state index in [-0.39, 0.29) is 22.3 Å². The summed E-state index contributed by atoms with van der Waals surface area (Å²) in [7, 11) is 0. The number of carbonyl (C=O) groups is 4. The van der Waals surface area contributed by atoms with Gasteiger partial charge in [-0.3, -0.25) is 29.1 Å². The number of rotatable bonds is 4. The molecular formula is C36H20N4O4. The highest BCUT2D eigenvalue weighted by atomic mass is 16.2. The highest BCUT2D eigenvalue weighted by Crippen LogP contribution is 2.44. The minimum Gasteiger partial charge on any atom is -0.268 e. The van der Waals surface area contributed by atoms with Crippen LogP contribution in [0, 0.1) is 0 Å². The number of pyridine rings is 2. The van der Waals surface area contributed by atoms with Crippen LogP contribution in [-0.2, 0) is 0 Å². The predicted molar refractivity (Wildman–Crippen MR) is 166 cm³/mol. The zero-order valence-corrected chi connectivity index (χ0v) is 23.0. The van der Waals surface area contributed by atoms with Crippen LogP contribution in [0.5, 0.6) is 0 Å². The van der Waals surface area contributed by atoms with Crippen LogP contribution < -0.4 is 9.80 Å². The van der Waals surface area contributed by atoms with Crippen molar-refractivity contribution in [3.63, 3.8) is 0 Å². The fourth-order valence-corrected chi connectivity index (χ4v) is 6.13. The van der Waals surface area contributed by atoms with Gasteiger partial charge in [-0.25, -0.2) is 9.80 Å². The van der Waals surface area contributed by atoms with Crippen LogP contribution in [0.2, 0.25) is 0 Å². The predicted octanol–water partition coefficient (Wildman–Crippen LogP) is 6.57. The average molecular weight is 573 g/mol. The molecule has 0 spiro atoms. The monoisotopic (exact) mass is 572 g/mol. The van der Waals surface area contributed by atoms with E-state index in [0.717, 1.165) is 20.9 Å². The maximum absolute atomic E-state index is 14.4. The fourth-order valence-electron chi connectivity index (χ4n) is 6.13. The van der Waals surface area contributed by atoms with E-state index in [1.807, 2.05) is 54.6 Å². The van der Waals surface area contributed by atoms with Gasteiger partial charge < -0.3 is 0 Å². The first-order valence-corrected chi connectivity index (χ1v) is 13.9. The Labute approximate surface area is 250 Å². The fraction of sp³-hybridized carbons (Fsp3) is 0. The molecule has 8 heteroatoms. The van der Waals surface area contributed by atoms with Crippen LogP contribution in [0.15, 0.2) is 122 Å². The Morgan fingerprint density at radius 3 is 1.48 bits per heavy atom. The van der Waals surface area contributed by atoms with Crippen molar-refractivity contribution in [2.75, 3.05) is 9.80 Å². The minimum absolute atomic E-state index is 0.233. The zero-order valence-electron chi connectivity index (χ0n) is 23.0. The van der Waals surface area contributed by atoms with Crippen molar-refractivity contribution in [2.24, 2.45) is 0 Å². The van der Waals surface area contributed by atoms with Gasteiger partial charge in [-0.05, 0) is 64.7 Å². The summed E-state index contributed by atoms with van der Waals surface area (Å²) >= 11 is 0. The largest absolute Gasteiger partial charge is 0.268 e. The number of hydrogen-bond donors (Lipinski definition) is 0. The lowest BCUT2D eigenvalue weighted by atomic mass is 9.81. The van der Waals surface area contributed by atoms with Crippen LogP contribution in [0.1, 0.15) is 41.4 Å². The molecule has 8 nitrogen and oxygen atoms in total. The van der Waals surface area contributed by atoms with Gasteiger partial charge in [-0.1, -0.05) is 54.6 Å². The smallest absolute Gasteiger partial charge is 0.266 e. The van der Waals surface area contributed by atoms with Crippen molar-refractivity contribution in [3.05, 3.63) is 144 Å². The number of anilines is 2. The van der Waals surface area contributed by atoms with Gasteiger partial charge in [0.25, 0.3) is 23.6 Å². The summed E-state index contributed by atoms with van der Waals surface area (Å²) in [5.41, 5.74) is 4.89. The SMILES string of the molecule is O=C1c2ccc3c4c(c(-c5ccc(-c6ccccc6)cc5)cc(c24)C(=O)N1c1ccncc1)C(=O)N(c1ccncc1)C3=O. The second-order valence-corrected chi connectivity index (χ2v) is 10.5. The van der Waals surface area contributed by atoms with Gasteiger partial charge in [0.1, 0.15) is 0 Å². The molecule has 208 valence electrons. The quantitative estimate of drug-likeness (QED) is 0.222. The number of nitrogens with zero attached hydrogens (tertiary/aromatic N) is 4. The number of imide groups is 2. The minimum atomic E-state index is -0.545. The lowest BCUT2D eigenvalue weighted by Gasteiger charge is -2.33. The molecule has 0 radical (unpaired) electrons. The molecule has 2 aromatic heterocycles. The van der Waals surface area contributed by atoms with Crippen molar-refractivity contribution < 1.29 is 19.2 Å². The zero-order chi connectivity index (χ0) is 29.9. The molecule has 8 rings (SSSR count). The summed E-state index contributed by atoms with van der Waals surface area (Å²) in [6.07, 6.45) is 6.05. The third-order valence-corrected chi connectivity index (χ3v) is 8.15. The van der Waals surface area contributed by atoms with Crippen molar-refractivity contribution >= 4 is 45.8 Å². The molecule has 0 aliphatic carbocycles. The Morgan fingerprint density at radius 2 is 0.886 bits per heavy atom. The summed E-state index contributed by atoms with van der Waals surface area (Å²) in [5.74, 6) is -2.17. The topological polar surface area (TPSA) is 101 Å². The van der Waals surface area contributed by atoms with E-state index in [0.29, 0.717) is 33.3 Å². The normalized spacial score (nSPS) is 14.0. The van der Waals surface area contributed by atoms with E-state index < -0.39 is 23.6 Å². The average Bonchev–Trinajstić information content (AvgIpc) is 3.07. The van der Waals surface area contributed by atoms with Gasteiger partial charge in [0.2, 0.25) is 0 Å². The van der Waals surface area contributed by atoms with Gasteiger partial charge in [0.05, 0.1) is 16.9 Å². The number of amides is 4. The van der Waals surface area contributed by atoms with Crippen LogP contribution in [-0.4, -0.2) is 33.6 Å². The first-order valence-electron chi connectivity index (χ1n) is 13.9. The second-order valence-electron chi connectivity index (χ2n) is 10.5. The lowest BCUT2D eigenvalue weighted by Crippen LogP contribution is -2.43. The highest BCUT2D eigenvalue weighted by molar-refractivity contribution is 6.43. The Hall–Kier alpha value is -6.28. The lowest BCUT2D eigenvalue weighted by molar-refractivity contribution is 0.0873. The van der Waals surface area contributed by atoms with Crippen molar-refractivity contribution in [1.82, 2.24) is 9.97 Å². The first kappa shape index (κ1) is 25.4. The molecule has 0 atom stereocenters. The van der Waals surface area contributed by atoms with Gasteiger partial charge in [-0.15, -0.1) is 0 Å². The third-order valence-electron chi connectivity index (χ3n) is 8.15. The Balaban J connectivity index is 1.41. The van der Waals surface area contributed by atoms with Crippen LogP contribution in [0.4, 0.5) is 11.4 Å². The number of hydrogen-bond acceptors (Lipinski definition) is 6. The van der Waals surface area contributed by atoms with Crippen molar-refractivity contribution in [3.8, 4) is 22.3 Å². The Morgan fingerprint density at radius 1 is 0.409 bits per heavy atom. The van der Waals surface area contributed by atoms with Gasteiger partial charge in [0.15, 0.2) is 0 Å². The molecular weight excluding hydrogens is 552 g/mol. The van der Waals surface area contributed by atoms with E-state index in [4.69, 9.17) is 0 Å². The molecule has 0 saturated heterocycles. The van der Waals surface area contributed by atoms with E-state index in [1.165, 1.54) is 24.8 Å². The maximum Gasteiger partial charge on any atom is 0.266 e. The number of aromatic nitrogens is 2. The van der Waals surface area contributed by atoms with E-state index in [9.17, 15) is 19.2 Å².